The normalized spacial score (nSPS) is 16.2. The Morgan fingerprint density at radius 2 is 1.72 bits per heavy atom. The molecule has 1 saturated heterocycles. The second kappa shape index (κ2) is 9.12. The van der Waals surface area contributed by atoms with Gasteiger partial charge in [0.2, 0.25) is 0 Å². The maximum absolute atomic E-state index is 13.1. The van der Waals surface area contributed by atoms with Gasteiger partial charge in [-0.05, 0) is 18.2 Å². The van der Waals surface area contributed by atoms with E-state index in [1.807, 2.05) is 6.07 Å². The lowest BCUT2D eigenvalue weighted by Crippen LogP contribution is -2.44. The standard InChI is InChI=1S/C19H17F2N7.C4H8/c20-16(21)14-9-13-11(2-4-24-17(13)25-14)18-26-15-10-23-3-1-12(15)19(27-18)28-7-5-22-6-8-28;1-2-4-3-1/h1-4,9-10,16,22H,5-8H2,(H,24,25);1-4H2. The van der Waals surface area contributed by atoms with Crippen LogP contribution in [0.25, 0.3) is 33.3 Å². The van der Waals surface area contributed by atoms with E-state index < -0.39 is 6.43 Å². The summed E-state index contributed by atoms with van der Waals surface area (Å²) >= 11 is 0. The van der Waals surface area contributed by atoms with Crippen molar-refractivity contribution in [2.24, 2.45) is 0 Å². The van der Waals surface area contributed by atoms with E-state index in [0.29, 0.717) is 22.4 Å². The third kappa shape index (κ3) is 4.12. The summed E-state index contributed by atoms with van der Waals surface area (Å²) in [5, 5.41) is 4.84. The molecule has 2 N–H and O–H groups in total. The number of H-pyrrole nitrogens is 1. The van der Waals surface area contributed by atoms with Crippen LogP contribution < -0.4 is 10.2 Å². The van der Waals surface area contributed by atoms with Gasteiger partial charge in [-0.1, -0.05) is 25.7 Å². The predicted molar refractivity (Wildman–Crippen MR) is 121 cm³/mol. The quantitative estimate of drug-likeness (QED) is 0.492. The van der Waals surface area contributed by atoms with Crippen LogP contribution in [0.1, 0.15) is 37.8 Å². The number of hydrogen-bond acceptors (Lipinski definition) is 6. The van der Waals surface area contributed by atoms with E-state index in [4.69, 9.17) is 4.98 Å². The Labute approximate surface area is 184 Å². The number of aromatic nitrogens is 5. The van der Waals surface area contributed by atoms with E-state index in [1.54, 1.807) is 24.7 Å². The minimum atomic E-state index is -2.60. The van der Waals surface area contributed by atoms with Gasteiger partial charge in [0.25, 0.3) is 6.43 Å². The van der Waals surface area contributed by atoms with Crippen molar-refractivity contribution in [3.05, 3.63) is 42.5 Å². The van der Waals surface area contributed by atoms with Crippen molar-refractivity contribution < 1.29 is 8.78 Å². The third-order valence-electron chi connectivity index (χ3n) is 5.92. The molecule has 2 aliphatic rings. The lowest BCUT2D eigenvalue weighted by Gasteiger charge is -2.29. The van der Waals surface area contributed by atoms with Crippen molar-refractivity contribution in [2.75, 3.05) is 31.1 Å². The van der Waals surface area contributed by atoms with Crippen LogP contribution in [-0.4, -0.2) is 51.1 Å². The molecule has 5 heterocycles. The van der Waals surface area contributed by atoms with Crippen molar-refractivity contribution in [3.63, 3.8) is 0 Å². The van der Waals surface area contributed by atoms with Crippen molar-refractivity contribution >= 4 is 27.8 Å². The van der Waals surface area contributed by atoms with Gasteiger partial charge in [-0.2, -0.15) is 0 Å². The number of fused-ring (bicyclic) bond motifs is 2. The highest BCUT2D eigenvalue weighted by Gasteiger charge is 2.20. The van der Waals surface area contributed by atoms with Gasteiger partial charge in [0.05, 0.1) is 17.4 Å². The highest BCUT2D eigenvalue weighted by Crippen LogP contribution is 2.32. The van der Waals surface area contributed by atoms with Gasteiger partial charge in [-0.25, -0.2) is 23.7 Å². The van der Waals surface area contributed by atoms with Crippen molar-refractivity contribution in [3.8, 4) is 11.4 Å². The number of anilines is 1. The summed E-state index contributed by atoms with van der Waals surface area (Å²) in [4.78, 5) is 22.7. The Morgan fingerprint density at radius 1 is 0.938 bits per heavy atom. The molecule has 6 rings (SSSR count). The molecule has 1 aliphatic carbocycles. The molecule has 32 heavy (non-hydrogen) atoms. The first-order chi connectivity index (χ1) is 15.7. The first-order valence-electron chi connectivity index (χ1n) is 11.0. The second-order valence-electron chi connectivity index (χ2n) is 8.06. The Morgan fingerprint density at radius 3 is 2.44 bits per heavy atom. The number of aromatic amines is 1. The van der Waals surface area contributed by atoms with Crippen molar-refractivity contribution in [1.82, 2.24) is 30.2 Å². The maximum Gasteiger partial charge on any atom is 0.278 e. The molecule has 0 spiro atoms. The van der Waals surface area contributed by atoms with E-state index in [9.17, 15) is 8.78 Å². The summed E-state index contributed by atoms with van der Waals surface area (Å²) in [5.74, 6) is 1.31. The van der Waals surface area contributed by atoms with E-state index in [-0.39, 0.29) is 5.69 Å². The topological polar surface area (TPSA) is 82.6 Å². The highest BCUT2D eigenvalue weighted by atomic mass is 19.3. The summed E-state index contributed by atoms with van der Waals surface area (Å²) in [6, 6.07) is 5.08. The van der Waals surface area contributed by atoms with Crippen LogP contribution >= 0.6 is 0 Å². The van der Waals surface area contributed by atoms with Crippen LogP contribution in [0.2, 0.25) is 0 Å². The van der Waals surface area contributed by atoms with Gasteiger partial charge < -0.3 is 15.2 Å². The van der Waals surface area contributed by atoms with E-state index in [1.165, 1.54) is 31.7 Å². The largest absolute Gasteiger partial charge is 0.353 e. The molecule has 9 heteroatoms. The molecule has 0 amide bonds. The van der Waals surface area contributed by atoms with Gasteiger partial charge in [-0.15, -0.1) is 0 Å². The Bertz CT molecular complexity index is 1210. The lowest BCUT2D eigenvalue weighted by atomic mass is 10.0. The molecule has 0 radical (unpaired) electrons. The smallest absolute Gasteiger partial charge is 0.278 e. The van der Waals surface area contributed by atoms with Gasteiger partial charge in [-0.3, -0.25) is 4.98 Å². The number of nitrogens with zero attached hydrogens (tertiary/aromatic N) is 5. The number of alkyl halides is 2. The Kier molecular flexibility index (Phi) is 5.89. The summed E-state index contributed by atoms with van der Waals surface area (Å²) in [5.41, 5.74) is 1.61. The second-order valence-corrected chi connectivity index (χ2v) is 8.06. The third-order valence-corrected chi connectivity index (χ3v) is 5.92. The molecule has 0 unspecified atom stereocenters. The zero-order valence-corrected chi connectivity index (χ0v) is 17.7. The van der Waals surface area contributed by atoms with Crippen LogP contribution in [-0.2, 0) is 0 Å². The van der Waals surface area contributed by atoms with Gasteiger partial charge in [0.1, 0.15) is 11.5 Å². The molecule has 0 aromatic carbocycles. The maximum atomic E-state index is 13.1. The number of piperazine rings is 1. The van der Waals surface area contributed by atoms with Crippen LogP contribution in [0.15, 0.2) is 36.8 Å². The zero-order valence-electron chi connectivity index (χ0n) is 17.7. The summed E-state index contributed by atoms with van der Waals surface area (Å²) in [6.07, 6.45) is 8.40. The molecule has 7 nitrogen and oxygen atoms in total. The molecular formula is C23H25F2N7. The number of rotatable bonds is 3. The molecule has 1 aliphatic heterocycles. The Balaban J connectivity index is 0.000000489. The fourth-order valence-corrected chi connectivity index (χ4v) is 3.81. The first kappa shape index (κ1) is 20.7. The summed E-state index contributed by atoms with van der Waals surface area (Å²) < 4.78 is 26.3. The summed E-state index contributed by atoms with van der Waals surface area (Å²) in [6.45, 7) is 3.42. The van der Waals surface area contributed by atoms with Gasteiger partial charge in [0.15, 0.2) is 5.82 Å². The molecular weight excluding hydrogens is 412 g/mol. The van der Waals surface area contributed by atoms with E-state index in [2.05, 4.69) is 30.2 Å². The van der Waals surface area contributed by atoms with Crippen LogP contribution in [0, 0.1) is 0 Å². The molecule has 1 saturated carbocycles. The number of nitrogens with one attached hydrogen (secondary N) is 2. The van der Waals surface area contributed by atoms with E-state index >= 15 is 0 Å². The highest BCUT2D eigenvalue weighted by molar-refractivity contribution is 5.95. The monoisotopic (exact) mass is 437 g/mol. The van der Waals surface area contributed by atoms with Gasteiger partial charge in [0, 0.05) is 54.9 Å². The van der Waals surface area contributed by atoms with Crippen LogP contribution in [0.5, 0.6) is 0 Å². The fourth-order valence-electron chi connectivity index (χ4n) is 3.81. The van der Waals surface area contributed by atoms with Crippen molar-refractivity contribution in [2.45, 2.75) is 32.1 Å². The molecule has 0 atom stereocenters. The average Bonchev–Trinajstić information content (AvgIpc) is 3.23. The minimum absolute atomic E-state index is 0.167. The minimum Gasteiger partial charge on any atom is -0.353 e. The van der Waals surface area contributed by atoms with E-state index in [0.717, 1.165) is 42.9 Å². The molecule has 2 fully saturated rings. The zero-order chi connectivity index (χ0) is 21.9. The Hall–Kier alpha value is -3.20. The van der Waals surface area contributed by atoms with Crippen LogP contribution in [0.3, 0.4) is 0 Å². The lowest BCUT2D eigenvalue weighted by molar-refractivity contribution is 0.147. The van der Waals surface area contributed by atoms with Crippen LogP contribution in [0.4, 0.5) is 14.6 Å². The SMILES string of the molecule is C1CCC1.FC(F)c1cc2c(-c3nc(N4CCNCC4)c4ccncc4n3)ccnc2[nH]1. The number of halogens is 2. The molecule has 4 aromatic rings. The number of pyridine rings is 2. The molecule has 0 bridgehead atoms. The molecule has 4 aromatic heterocycles. The fraction of sp³-hybridized carbons (Fsp3) is 0.391. The molecule has 166 valence electrons. The van der Waals surface area contributed by atoms with Gasteiger partial charge >= 0.3 is 0 Å². The average molecular weight is 437 g/mol. The first-order valence-corrected chi connectivity index (χ1v) is 11.0. The predicted octanol–water partition coefficient (Wildman–Crippen LogP) is 4.48. The number of hydrogen-bond donors (Lipinski definition) is 2. The van der Waals surface area contributed by atoms with Crippen molar-refractivity contribution in [1.29, 1.82) is 0 Å². The summed E-state index contributed by atoms with van der Waals surface area (Å²) in [7, 11) is 0.